The fourth-order valence-corrected chi connectivity index (χ4v) is 3.39. The van der Waals surface area contributed by atoms with Gasteiger partial charge in [0.25, 0.3) is 0 Å². The number of aliphatic hydroxyl groups is 1. The van der Waals surface area contributed by atoms with E-state index in [1.54, 1.807) is 6.92 Å². The zero-order valence-electron chi connectivity index (χ0n) is 12.7. The lowest BCUT2D eigenvalue weighted by molar-refractivity contribution is -0.135. The molecule has 3 heterocycles. The molecule has 0 aromatic carbocycles. The van der Waals surface area contributed by atoms with Crippen LogP contribution < -0.4 is 4.90 Å². The van der Waals surface area contributed by atoms with Gasteiger partial charge in [0.2, 0.25) is 0 Å². The quantitative estimate of drug-likeness (QED) is 0.906. The Bertz CT molecular complexity index is 544. The van der Waals surface area contributed by atoms with Crippen LogP contribution in [0, 0.1) is 0 Å². The third kappa shape index (κ3) is 2.80. The first-order valence-electron chi connectivity index (χ1n) is 7.64. The second kappa shape index (κ2) is 5.39. The Balaban J connectivity index is 1.87. The summed E-state index contributed by atoms with van der Waals surface area (Å²) in [6, 6.07) is 4.48. The van der Waals surface area contributed by atoms with Gasteiger partial charge < -0.3 is 10.0 Å². The summed E-state index contributed by atoms with van der Waals surface area (Å²) in [5.41, 5.74) is -0.0999. The van der Waals surface area contributed by atoms with Gasteiger partial charge >= 0.3 is 0 Å². The topological polar surface area (TPSA) is 56.7 Å². The largest absolute Gasteiger partial charge is 0.381 e. The van der Waals surface area contributed by atoms with Gasteiger partial charge in [-0.05, 0) is 32.8 Å². The van der Waals surface area contributed by atoms with E-state index >= 15 is 0 Å². The zero-order valence-corrected chi connectivity index (χ0v) is 12.7. The summed E-state index contributed by atoms with van der Waals surface area (Å²) in [4.78, 5) is 20.7. The van der Waals surface area contributed by atoms with Crippen LogP contribution in [0.1, 0.15) is 32.3 Å². The zero-order chi connectivity index (χ0) is 15.0. The number of β-amino-alcohol motifs (C(OH)–C–C–N with tert-alkyl or cyclic N) is 1. The molecule has 0 aliphatic carbocycles. The molecule has 0 radical (unpaired) electrons. The van der Waals surface area contributed by atoms with Crippen molar-refractivity contribution in [2.75, 3.05) is 24.5 Å². The molecule has 0 bridgehead atoms. The van der Waals surface area contributed by atoms with Crippen LogP contribution >= 0.6 is 0 Å². The van der Waals surface area contributed by atoms with Gasteiger partial charge in [0, 0.05) is 44.0 Å². The van der Waals surface area contributed by atoms with Crippen LogP contribution in [-0.4, -0.2) is 52.1 Å². The molecule has 1 saturated heterocycles. The average molecular weight is 289 g/mol. The van der Waals surface area contributed by atoms with Gasteiger partial charge in [0.05, 0.1) is 0 Å². The summed E-state index contributed by atoms with van der Waals surface area (Å²) in [6.45, 7) is 6.10. The lowest BCUT2D eigenvalue weighted by Crippen LogP contribution is -2.48. The van der Waals surface area contributed by atoms with Gasteiger partial charge in [-0.15, -0.1) is 0 Å². The highest BCUT2D eigenvalue weighted by Gasteiger charge is 2.36. The number of ketones is 1. The van der Waals surface area contributed by atoms with E-state index in [1.807, 2.05) is 12.3 Å². The third-order valence-corrected chi connectivity index (χ3v) is 4.67. The number of fused-ring (bicyclic) bond motifs is 3. The van der Waals surface area contributed by atoms with Crippen molar-refractivity contribution in [2.45, 2.75) is 44.9 Å². The van der Waals surface area contributed by atoms with Gasteiger partial charge in [-0.25, -0.2) is 4.98 Å². The number of carbonyl (C=O) groups excluding carboxylic acids is 1. The van der Waals surface area contributed by atoms with E-state index in [4.69, 9.17) is 0 Å². The molecule has 2 aliphatic rings. The second-order valence-electron chi connectivity index (χ2n) is 6.48. The molecule has 1 aromatic heterocycles. The summed E-state index contributed by atoms with van der Waals surface area (Å²) in [5.74, 6) is 0.895. The SMILES string of the molecule is CC(=O)C(C)(O)CN1Cc2cccnc2N2CCC[C@H]2C1. The summed E-state index contributed by atoms with van der Waals surface area (Å²) in [7, 11) is 0. The van der Waals surface area contributed by atoms with Crippen molar-refractivity contribution in [3.05, 3.63) is 23.9 Å². The molecule has 0 spiro atoms. The van der Waals surface area contributed by atoms with Crippen molar-refractivity contribution in [3.63, 3.8) is 0 Å². The number of nitrogens with zero attached hydrogens (tertiary/aromatic N) is 3. The van der Waals surface area contributed by atoms with Crippen molar-refractivity contribution < 1.29 is 9.90 Å². The van der Waals surface area contributed by atoms with Gasteiger partial charge in [-0.3, -0.25) is 9.69 Å². The molecule has 1 N–H and O–H groups in total. The fourth-order valence-electron chi connectivity index (χ4n) is 3.39. The molecule has 0 amide bonds. The minimum atomic E-state index is -1.28. The number of carbonyl (C=O) groups is 1. The van der Waals surface area contributed by atoms with Crippen LogP contribution in [-0.2, 0) is 11.3 Å². The third-order valence-electron chi connectivity index (χ3n) is 4.67. The van der Waals surface area contributed by atoms with Crippen LogP contribution in [0.5, 0.6) is 0 Å². The molecule has 1 unspecified atom stereocenters. The van der Waals surface area contributed by atoms with E-state index < -0.39 is 5.60 Å². The lowest BCUT2D eigenvalue weighted by atomic mass is 10.0. The Hall–Kier alpha value is -1.46. The van der Waals surface area contributed by atoms with Crippen molar-refractivity contribution in [2.24, 2.45) is 0 Å². The van der Waals surface area contributed by atoms with Crippen molar-refractivity contribution in [1.29, 1.82) is 0 Å². The highest BCUT2D eigenvalue weighted by Crippen LogP contribution is 2.31. The second-order valence-corrected chi connectivity index (χ2v) is 6.48. The molecule has 0 saturated carbocycles. The number of anilines is 1. The number of hydrogen-bond acceptors (Lipinski definition) is 5. The van der Waals surface area contributed by atoms with Crippen LogP contribution in [0.3, 0.4) is 0 Å². The van der Waals surface area contributed by atoms with Crippen molar-refractivity contribution in [1.82, 2.24) is 9.88 Å². The lowest BCUT2D eigenvalue weighted by Gasteiger charge is -2.31. The standard InChI is InChI=1S/C16H23N3O2/c1-12(20)16(2,21)11-18-9-13-5-3-7-17-15(13)19-8-4-6-14(19)10-18/h3,5,7,14,21H,4,6,8-11H2,1-2H3/t14-,16?/m0/s1. The molecule has 2 atom stereocenters. The van der Waals surface area contributed by atoms with Crippen molar-refractivity contribution >= 4 is 11.6 Å². The minimum Gasteiger partial charge on any atom is -0.381 e. The first kappa shape index (κ1) is 14.5. The highest BCUT2D eigenvalue weighted by atomic mass is 16.3. The number of aromatic nitrogens is 1. The van der Waals surface area contributed by atoms with E-state index in [1.165, 1.54) is 18.9 Å². The summed E-state index contributed by atoms with van der Waals surface area (Å²) < 4.78 is 0. The van der Waals surface area contributed by atoms with Crippen LogP contribution in [0.25, 0.3) is 0 Å². The molecular formula is C16H23N3O2. The van der Waals surface area contributed by atoms with Crippen molar-refractivity contribution in [3.8, 4) is 0 Å². The first-order chi connectivity index (χ1) is 9.97. The Morgan fingerprint density at radius 3 is 3.14 bits per heavy atom. The Morgan fingerprint density at radius 2 is 2.38 bits per heavy atom. The molecule has 2 aliphatic heterocycles. The van der Waals surface area contributed by atoms with Gasteiger partial charge in [0.1, 0.15) is 11.4 Å². The fraction of sp³-hybridized carbons (Fsp3) is 0.625. The molecule has 114 valence electrons. The average Bonchev–Trinajstić information content (AvgIpc) is 2.81. The number of rotatable bonds is 3. The van der Waals surface area contributed by atoms with Gasteiger partial charge in [-0.2, -0.15) is 0 Å². The summed E-state index contributed by atoms with van der Waals surface area (Å²) in [6.07, 6.45) is 4.17. The molecule has 5 heteroatoms. The normalized spacial score (nSPS) is 24.9. The number of hydrogen-bond donors (Lipinski definition) is 1. The maximum absolute atomic E-state index is 11.6. The molecule has 1 fully saturated rings. The van der Waals surface area contributed by atoms with E-state index in [0.29, 0.717) is 12.6 Å². The minimum absolute atomic E-state index is 0.179. The van der Waals surface area contributed by atoms with Gasteiger partial charge in [-0.1, -0.05) is 6.07 Å². The van der Waals surface area contributed by atoms with Crippen LogP contribution in [0.15, 0.2) is 18.3 Å². The smallest absolute Gasteiger partial charge is 0.162 e. The first-order valence-corrected chi connectivity index (χ1v) is 7.64. The maximum Gasteiger partial charge on any atom is 0.162 e. The Morgan fingerprint density at radius 1 is 1.57 bits per heavy atom. The Labute approximate surface area is 125 Å². The predicted molar refractivity (Wildman–Crippen MR) is 81.2 cm³/mol. The summed E-state index contributed by atoms with van der Waals surface area (Å²) in [5, 5.41) is 10.3. The molecule has 21 heavy (non-hydrogen) atoms. The highest BCUT2D eigenvalue weighted by molar-refractivity contribution is 5.84. The van der Waals surface area contributed by atoms with Crippen LogP contribution in [0.2, 0.25) is 0 Å². The Kier molecular flexibility index (Phi) is 3.71. The van der Waals surface area contributed by atoms with E-state index in [9.17, 15) is 9.90 Å². The van der Waals surface area contributed by atoms with E-state index in [2.05, 4.69) is 20.9 Å². The van der Waals surface area contributed by atoms with Gasteiger partial charge in [0.15, 0.2) is 5.78 Å². The summed E-state index contributed by atoms with van der Waals surface area (Å²) >= 11 is 0. The maximum atomic E-state index is 11.6. The number of Topliss-reactive ketones (excluding diaryl/α,β-unsaturated/α-hetero) is 1. The van der Waals surface area contributed by atoms with Crippen LogP contribution in [0.4, 0.5) is 5.82 Å². The molecule has 1 aromatic rings. The molecule has 3 rings (SSSR count). The van der Waals surface area contributed by atoms with E-state index in [0.717, 1.165) is 31.9 Å². The number of pyridine rings is 1. The molecular weight excluding hydrogens is 266 g/mol. The molecule has 5 nitrogen and oxygen atoms in total. The monoisotopic (exact) mass is 289 g/mol. The van der Waals surface area contributed by atoms with E-state index in [-0.39, 0.29) is 5.78 Å². The predicted octanol–water partition coefficient (Wildman–Crippen LogP) is 1.21.